The number of methoxy groups -OCH3 is 1. The summed E-state index contributed by atoms with van der Waals surface area (Å²) in [5.74, 6) is 1.16. The first-order valence-electron chi connectivity index (χ1n) is 8.09. The lowest BCUT2D eigenvalue weighted by atomic mass is 10.1. The van der Waals surface area contributed by atoms with Crippen molar-refractivity contribution in [2.24, 2.45) is 11.7 Å². The van der Waals surface area contributed by atoms with Gasteiger partial charge in [0.25, 0.3) is 0 Å². The smallest absolute Gasteiger partial charge is 0.226 e. The number of nitrogens with zero attached hydrogens (tertiary/aromatic N) is 1. The SMILES string of the molecule is COc1ccc(CCNC(=O)Cc2csc(C(N)C(C)C)n2)cc1. The summed E-state index contributed by atoms with van der Waals surface area (Å²) >= 11 is 1.52. The van der Waals surface area contributed by atoms with Crippen molar-refractivity contribution in [1.82, 2.24) is 10.3 Å². The van der Waals surface area contributed by atoms with E-state index >= 15 is 0 Å². The Labute approximate surface area is 147 Å². The van der Waals surface area contributed by atoms with Crippen molar-refractivity contribution in [3.63, 3.8) is 0 Å². The van der Waals surface area contributed by atoms with Crippen molar-refractivity contribution >= 4 is 17.2 Å². The maximum absolute atomic E-state index is 12.0. The molecule has 3 N–H and O–H groups in total. The molecule has 0 saturated carbocycles. The van der Waals surface area contributed by atoms with Crippen molar-refractivity contribution in [3.8, 4) is 5.75 Å². The van der Waals surface area contributed by atoms with Gasteiger partial charge in [-0.3, -0.25) is 4.79 Å². The largest absolute Gasteiger partial charge is 0.497 e. The first kappa shape index (κ1) is 18.4. The molecule has 1 aromatic heterocycles. The zero-order chi connectivity index (χ0) is 17.5. The van der Waals surface area contributed by atoms with E-state index in [0.717, 1.165) is 28.4 Å². The third-order valence-corrected chi connectivity index (χ3v) is 4.80. The van der Waals surface area contributed by atoms with Crippen LogP contribution in [0.5, 0.6) is 5.75 Å². The lowest BCUT2D eigenvalue weighted by Gasteiger charge is -2.11. The Balaban J connectivity index is 1.76. The van der Waals surface area contributed by atoms with E-state index in [1.807, 2.05) is 29.6 Å². The zero-order valence-corrected chi connectivity index (χ0v) is 15.2. The number of nitrogens with two attached hydrogens (primary N) is 1. The van der Waals surface area contributed by atoms with E-state index in [4.69, 9.17) is 10.5 Å². The number of carbonyl (C=O) groups excluding carboxylic acids is 1. The molecule has 1 unspecified atom stereocenters. The molecule has 0 bridgehead atoms. The Kier molecular flexibility index (Phi) is 6.75. The number of nitrogens with one attached hydrogen (secondary N) is 1. The van der Waals surface area contributed by atoms with Gasteiger partial charge in [-0.05, 0) is 30.0 Å². The van der Waals surface area contributed by atoms with Crippen molar-refractivity contribution in [2.75, 3.05) is 13.7 Å². The van der Waals surface area contributed by atoms with E-state index in [1.165, 1.54) is 11.3 Å². The van der Waals surface area contributed by atoms with E-state index in [1.54, 1.807) is 7.11 Å². The molecule has 130 valence electrons. The maximum Gasteiger partial charge on any atom is 0.226 e. The summed E-state index contributed by atoms with van der Waals surface area (Å²) in [5.41, 5.74) is 8.03. The van der Waals surface area contributed by atoms with Crippen LogP contribution in [-0.4, -0.2) is 24.5 Å². The summed E-state index contributed by atoms with van der Waals surface area (Å²) in [7, 11) is 1.65. The fourth-order valence-corrected chi connectivity index (χ4v) is 3.20. The molecule has 1 heterocycles. The molecule has 1 atom stereocenters. The van der Waals surface area contributed by atoms with Crippen LogP contribution in [-0.2, 0) is 17.6 Å². The molecule has 0 spiro atoms. The van der Waals surface area contributed by atoms with Crippen LogP contribution < -0.4 is 15.8 Å². The van der Waals surface area contributed by atoms with Gasteiger partial charge in [0.1, 0.15) is 10.8 Å². The van der Waals surface area contributed by atoms with E-state index < -0.39 is 0 Å². The molecule has 1 aromatic carbocycles. The molecule has 0 radical (unpaired) electrons. The molecule has 0 aliphatic heterocycles. The fraction of sp³-hybridized carbons (Fsp3) is 0.444. The van der Waals surface area contributed by atoms with Gasteiger partial charge in [-0.25, -0.2) is 4.98 Å². The predicted octanol–water partition coefficient (Wildman–Crippen LogP) is 2.71. The highest BCUT2D eigenvalue weighted by atomic mass is 32.1. The summed E-state index contributed by atoms with van der Waals surface area (Å²) in [5, 5.41) is 5.74. The van der Waals surface area contributed by atoms with Crippen LogP contribution in [0.2, 0.25) is 0 Å². The Bertz CT molecular complexity index is 653. The zero-order valence-electron chi connectivity index (χ0n) is 14.4. The summed E-state index contributed by atoms with van der Waals surface area (Å²) < 4.78 is 5.13. The summed E-state index contributed by atoms with van der Waals surface area (Å²) in [6, 6.07) is 7.79. The normalized spacial score (nSPS) is 12.2. The molecular weight excluding hydrogens is 322 g/mol. The van der Waals surface area contributed by atoms with Gasteiger partial charge < -0.3 is 15.8 Å². The van der Waals surface area contributed by atoms with Crippen LogP contribution >= 0.6 is 11.3 Å². The van der Waals surface area contributed by atoms with Gasteiger partial charge in [0.2, 0.25) is 5.91 Å². The molecule has 2 rings (SSSR count). The number of thiazole rings is 1. The Morgan fingerprint density at radius 3 is 2.67 bits per heavy atom. The second-order valence-electron chi connectivity index (χ2n) is 6.07. The molecule has 24 heavy (non-hydrogen) atoms. The average Bonchev–Trinajstić information content (AvgIpc) is 3.03. The Morgan fingerprint density at radius 1 is 1.33 bits per heavy atom. The first-order chi connectivity index (χ1) is 11.5. The highest BCUT2D eigenvalue weighted by Crippen LogP contribution is 2.22. The van der Waals surface area contributed by atoms with Gasteiger partial charge in [-0.15, -0.1) is 11.3 Å². The predicted molar refractivity (Wildman–Crippen MR) is 97.3 cm³/mol. The van der Waals surface area contributed by atoms with Crippen LogP contribution in [0.1, 0.15) is 36.2 Å². The second kappa shape index (κ2) is 8.80. The van der Waals surface area contributed by atoms with Gasteiger partial charge in [0.15, 0.2) is 0 Å². The molecule has 1 amide bonds. The number of hydrogen-bond donors (Lipinski definition) is 2. The molecular formula is C18H25N3O2S. The van der Waals surface area contributed by atoms with E-state index in [2.05, 4.69) is 24.1 Å². The number of carbonyl (C=O) groups is 1. The first-order valence-corrected chi connectivity index (χ1v) is 8.97. The lowest BCUT2D eigenvalue weighted by molar-refractivity contribution is -0.120. The van der Waals surface area contributed by atoms with Crippen molar-refractivity contribution in [1.29, 1.82) is 0 Å². The fourth-order valence-electron chi connectivity index (χ4n) is 2.21. The topological polar surface area (TPSA) is 77.2 Å². The van der Waals surface area contributed by atoms with Gasteiger partial charge in [-0.1, -0.05) is 26.0 Å². The van der Waals surface area contributed by atoms with Gasteiger partial charge >= 0.3 is 0 Å². The van der Waals surface area contributed by atoms with E-state index in [-0.39, 0.29) is 11.9 Å². The van der Waals surface area contributed by atoms with Crippen LogP contribution in [0, 0.1) is 5.92 Å². The van der Waals surface area contributed by atoms with E-state index in [0.29, 0.717) is 18.9 Å². The molecule has 0 saturated heterocycles. The quantitative estimate of drug-likeness (QED) is 0.770. The second-order valence-corrected chi connectivity index (χ2v) is 6.96. The molecule has 5 nitrogen and oxygen atoms in total. The number of aromatic nitrogens is 1. The van der Waals surface area contributed by atoms with Crippen molar-refractivity contribution in [3.05, 3.63) is 45.9 Å². The third-order valence-electron chi connectivity index (χ3n) is 3.81. The molecule has 0 aliphatic carbocycles. The van der Waals surface area contributed by atoms with Crippen LogP contribution in [0.3, 0.4) is 0 Å². The van der Waals surface area contributed by atoms with Gasteiger partial charge in [-0.2, -0.15) is 0 Å². The molecule has 6 heteroatoms. The highest BCUT2D eigenvalue weighted by Gasteiger charge is 2.15. The Morgan fingerprint density at radius 2 is 2.04 bits per heavy atom. The maximum atomic E-state index is 12.0. The lowest BCUT2D eigenvalue weighted by Crippen LogP contribution is -2.27. The van der Waals surface area contributed by atoms with Crippen LogP contribution in [0.25, 0.3) is 0 Å². The van der Waals surface area contributed by atoms with Crippen molar-refractivity contribution in [2.45, 2.75) is 32.7 Å². The number of benzene rings is 1. The molecule has 0 aliphatic rings. The average molecular weight is 347 g/mol. The van der Waals surface area contributed by atoms with Crippen LogP contribution in [0.15, 0.2) is 29.6 Å². The monoisotopic (exact) mass is 347 g/mol. The van der Waals surface area contributed by atoms with Crippen molar-refractivity contribution < 1.29 is 9.53 Å². The van der Waals surface area contributed by atoms with Crippen LogP contribution in [0.4, 0.5) is 0 Å². The minimum absolute atomic E-state index is 0.0153. The molecule has 0 fully saturated rings. The number of hydrogen-bond acceptors (Lipinski definition) is 5. The number of amides is 1. The highest BCUT2D eigenvalue weighted by molar-refractivity contribution is 7.09. The number of ether oxygens (including phenoxy) is 1. The summed E-state index contributed by atoms with van der Waals surface area (Å²) in [6.45, 7) is 4.74. The summed E-state index contributed by atoms with van der Waals surface area (Å²) in [4.78, 5) is 16.5. The standard InChI is InChI=1S/C18H25N3O2S/c1-12(2)17(19)18-21-14(11-24-18)10-16(22)20-9-8-13-4-6-15(23-3)7-5-13/h4-7,11-12,17H,8-10,19H2,1-3H3,(H,20,22). The Hall–Kier alpha value is -1.92. The summed E-state index contributed by atoms with van der Waals surface area (Å²) in [6.07, 6.45) is 1.08. The molecule has 2 aromatic rings. The van der Waals surface area contributed by atoms with Gasteiger partial charge in [0.05, 0.1) is 25.3 Å². The third kappa shape index (κ3) is 5.32. The van der Waals surface area contributed by atoms with Gasteiger partial charge in [0, 0.05) is 11.9 Å². The minimum Gasteiger partial charge on any atom is -0.497 e. The minimum atomic E-state index is -0.0677. The number of rotatable bonds is 8. The van der Waals surface area contributed by atoms with E-state index in [9.17, 15) is 4.79 Å².